The Kier molecular flexibility index (Phi) is 4.48. The molecule has 0 aromatic carbocycles. The van der Waals surface area contributed by atoms with Crippen molar-refractivity contribution >= 4 is 22.6 Å². The summed E-state index contributed by atoms with van der Waals surface area (Å²) in [5.74, 6) is 0.879. The van der Waals surface area contributed by atoms with Gasteiger partial charge in [-0.15, -0.1) is 0 Å². The summed E-state index contributed by atoms with van der Waals surface area (Å²) in [6.45, 7) is 2.36. The Morgan fingerprint density at radius 3 is 2.87 bits per heavy atom. The monoisotopic (exact) mass is 228 g/mol. The van der Waals surface area contributed by atoms with E-state index in [1.54, 1.807) is 19.0 Å². The van der Waals surface area contributed by atoms with E-state index in [0.29, 0.717) is 5.13 Å². The van der Waals surface area contributed by atoms with Crippen LogP contribution in [0.1, 0.15) is 19.2 Å². The number of hydrogen-bond donors (Lipinski definition) is 1. The zero-order valence-electron chi connectivity index (χ0n) is 9.28. The quantitative estimate of drug-likeness (QED) is 0.816. The van der Waals surface area contributed by atoms with Gasteiger partial charge < -0.3 is 10.2 Å². The summed E-state index contributed by atoms with van der Waals surface area (Å²) < 4.78 is 4.17. The van der Waals surface area contributed by atoms with Crippen LogP contribution >= 0.6 is 11.5 Å². The number of likely N-dealkylation sites (N-methyl/N-ethyl adjacent to an activating group) is 1. The van der Waals surface area contributed by atoms with Crippen LogP contribution in [0.5, 0.6) is 0 Å². The Hall–Kier alpha value is -1.17. The smallest absolute Gasteiger partial charge is 0.241 e. The van der Waals surface area contributed by atoms with Crippen LogP contribution in [0.2, 0.25) is 0 Å². The molecule has 15 heavy (non-hydrogen) atoms. The van der Waals surface area contributed by atoms with Crippen LogP contribution in [0.3, 0.4) is 0 Å². The van der Waals surface area contributed by atoms with Crippen molar-refractivity contribution in [3.63, 3.8) is 0 Å². The van der Waals surface area contributed by atoms with Crippen molar-refractivity contribution in [2.45, 2.75) is 19.8 Å². The lowest BCUT2D eigenvalue weighted by Gasteiger charge is -2.09. The van der Waals surface area contributed by atoms with Gasteiger partial charge in [0.1, 0.15) is 5.82 Å². The zero-order valence-corrected chi connectivity index (χ0v) is 10.1. The minimum Gasteiger partial charge on any atom is -0.351 e. The molecular formula is C9H16N4OS. The Bertz CT molecular complexity index is 324. The summed E-state index contributed by atoms with van der Waals surface area (Å²) in [6, 6.07) is 0. The Morgan fingerprint density at radius 1 is 1.53 bits per heavy atom. The van der Waals surface area contributed by atoms with E-state index in [9.17, 15) is 4.79 Å². The molecule has 6 heteroatoms. The van der Waals surface area contributed by atoms with Crippen LogP contribution in [-0.4, -0.2) is 40.8 Å². The van der Waals surface area contributed by atoms with Gasteiger partial charge in [0.25, 0.3) is 0 Å². The molecule has 1 N–H and O–H groups in total. The van der Waals surface area contributed by atoms with Crippen LogP contribution in [0.15, 0.2) is 0 Å². The van der Waals surface area contributed by atoms with E-state index in [0.717, 1.165) is 18.7 Å². The normalized spacial score (nSPS) is 10.1. The molecule has 0 bridgehead atoms. The summed E-state index contributed by atoms with van der Waals surface area (Å²) in [4.78, 5) is 17.1. The molecule has 0 aliphatic heterocycles. The van der Waals surface area contributed by atoms with Crippen molar-refractivity contribution in [2.24, 2.45) is 0 Å². The van der Waals surface area contributed by atoms with Crippen LogP contribution < -0.4 is 5.32 Å². The van der Waals surface area contributed by atoms with E-state index >= 15 is 0 Å². The highest BCUT2D eigenvalue weighted by molar-refractivity contribution is 7.09. The molecule has 1 aromatic heterocycles. The van der Waals surface area contributed by atoms with Crippen molar-refractivity contribution in [1.82, 2.24) is 14.3 Å². The fraction of sp³-hybridized carbons (Fsp3) is 0.667. The second kappa shape index (κ2) is 5.65. The third-order valence-corrected chi connectivity index (χ3v) is 2.54. The number of amides is 1. The van der Waals surface area contributed by atoms with Crippen LogP contribution in [0.25, 0.3) is 0 Å². The Balaban J connectivity index is 2.40. The molecule has 1 amide bonds. The fourth-order valence-corrected chi connectivity index (χ4v) is 1.57. The predicted octanol–water partition coefficient (Wildman–Crippen LogP) is 0.991. The van der Waals surface area contributed by atoms with Gasteiger partial charge in [0.2, 0.25) is 11.0 Å². The lowest BCUT2D eigenvalue weighted by Crippen LogP contribution is -2.28. The topological polar surface area (TPSA) is 58.1 Å². The van der Waals surface area contributed by atoms with Crippen molar-refractivity contribution in [3.05, 3.63) is 5.82 Å². The standard InChI is InChI=1S/C9H16N4OS/c1-4-5-7-11-9(15-12-7)10-6-8(14)13(2)3/h4-6H2,1-3H3,(H,10,11,12). The number of anilines is 1. The largest absolute Gasteiger partial charge is 0.351 e. The van der Waals surface area contributed by atoms with E-state index in [-0.39, 0.29) is 12.5 Å². The van der Waals surface area contributed by atoms with Crippen molar-refractivity contribution in [3.8, 4) is 0 Å². The number of carbonyl (C=O) groups is 1. The van der Waals surface area contributed by atoms with Crippen LogP contribution in [0.4, 0.5) is 5.13 Å². The highest BCUT2D eigenvalue weighted by Gasteiger charge is 2.06. The Morgan fingerprint density at radius 2 is 2.27 bits per heavy atom. The van der Waals surface area contributed by atoms with Crippen LogP contribution in [-0.2, 0) is 11.2 Å². The molecule has 0 radical (unpaired) electrons. The minimum atomic E-state index is 0.0299. The summed E-state index contributed by atoms with van der Waals surface area (Å²) in [6.07, 6.45) is 1.92. The van der Waals surface area contributed by atoms with E-state index in [2.05, 4.69) is 21.6 Å². The van der Waals surface area contributed by atoms with E-state index in [1.807, 2.05) is 0 Å². The molecule has 0 saturated heterocycles. The number of carbonyl (C=O) groups excluding carboxylic acids is 1. The van der Waals surface area contributed by atoms with Gasteiger partial charge in [-0.3, -0.25) is 4.79 Å². The molecule has 1 aromatic rings. The maximum atomic E-state index is 11.3. The van der Waals surface area contributed by atoms with Gasteiger partial charge in [0.15, 0.2) is 0 Å². The highest BCUT2D eigenvalue weighted by Crippen LogP contribution is 2.11. The highest BCUT2D eigenvalue weighted by atomic mass is 32.1. The van der Waals surface area contributed by atoms with E-state index in [4.69, 9.17) is 0 Å². The molecule has 1 rings (SSSR count). The lowest BCUT2D eigenvalue weighted by atomic mass is 10.3. The van der Waals surface area contributed by atoms with Crippen molar-refractivity contribution in [1.29, 1.82) is 0 Å². The number of nitrogens with one attached hydrogen (secondary N) is 1. The molecule has 0 fully saturated rings. The van der Waals surface area contributed by atoms with Crippen molar-refractivity contribution in [2.75, 3.05) is 26.0 Å². The molecule has 5 nitrogen and oxygen atoms in total. The van der Waals surface area contributed by atoms with Crippen LogP contribution in [0, 0.1) is 0 Å². The zero-order chi connectivity index (χ0) is 11.3. The van der Waals surface area contributed by atoms with Crippen molar-refractivity contribution < 1.29 is 4.79 Å². The van der Waals surface area contributed by atoms with Gasteiger partial charge in [-0.1, -0.05) is 6.92 Å². The molecule has 0 spiro atoms. The maximum Gasteiger partial charge on any atom is 0.241 e. The number of rotatable bonds is 5. The average molecular weight is 228 g/mol. The first-order valence-corrected chi connectivity index (χ1v) is 5.67. The SMILES string of the molecule is CCCc1nsc(NCC(=O)N(C)C)n1. The summed E-state index contributed by atoms with van der Waals surface area (Å²) in [5.41, 5.74) is 0. The molecule has 84 valence electrons. The molecule has 1 heterocycles. The second-order valence-electron chi connectivity index (χ2n) is 3.41. The van der Waals surface area contributed by atoms with Gasteiger partial charge in [-0.05, 0) is 6.42 Å². The second-order valence-corrected chi connectivity index (χ2v) is 4.16. The first kappa shape index (κ1) is 11.9. The summed E-state index contributed by atoms with van der Waals surface area (Å²) in [7, 11) is 3.46. The number of hydrogen-bond acceptors (Lipinski definition) is 5. The fourth-order valence-electron chi connectivity index (χ4n) is 0.960. The first-order valence-electron chi connectivity index (χ1n) is 4.90. The predicted molar refractivity (Wildman–Crippen MR) is 61.1 cm³/mol. The summed E-state index contributed by atoms with van der Waals surface area (Å²) >= 11 is 1.30. The average Bonchev–Trinajstić information content (AvgIpc) is 2.62. The van der Waals surface area contributed by atoms with Gasteiger partial charge in [-0.2, -0.15) is 4.37 Å². The third kappa shape index (κ3) is 3.83. The van der Waals surface area contributed by atoms with Gasteiger partial charge >= 0.3 is 0 Å². The lowest BCUT2D eigenvalue weighted by molar-refractivity contribution is -0.126. The number of aromatic nitrogens is 2. The van der Waals surface area contributed by atoms with E-state index in [1.165, 1.54) is 11.5 Å². The number of nitrogens with zero attached hydrogens (tertiary/aromatic N) is 3. The molecular weight excluding hydrogens is 212 g/mol. The molecule has 0 atom stereocenters. The van der Waals surface area contributed by atoms with Gasteiger partial charge in [-0.25, -0.2) is 4.98 Å². The maximum absolute atomic E-state index is 11.3. The molecule has 0 aliphatic carbocycles. The number of aryl methyl sites for hydroxylation is 1. The molecule has 0 aliphatic rings. The molecule has 0 unspecified atom stereocenters. The first-order chi connectivity index (χ1) is 7.13. The molecule has 0 saturated carbocycles. The minimum absolute atomic E-state index is 0.0299. The summed E-state index contributed by atoms with van der Waals surface area (Å²) in [5, 5.41) is 3.67. The van der Waals surface area contributed by atoms with Gasteiger partial charge in [0.05, 0.1) is 6.54 Å². The van der Waals surface area contributed by atoms with E-state index < -0.39 is 0 Å². The Labute approximate surface area is 93.7 Å². The van der Waals surface area contributed by atoms with Gasteiger partial charge in [0, 0.05) is 32.0 Å². The third-order valence-electron chi connectivity index (χ3n) is 1.83.